The number of hydrogen-bond donors (Lipinski definition) is 0. The van der Waals surface area contributed by atoms with E-state index in [0.717, 1.165) is 5.56 Å². The number of hydrogen-bond acceptors (Lipinski definition) is 7. The average Bonchev–Trinajstić information content (AvgIpc) is 2.64. The molecular formula is C21H24BrNO6. The Morgan fingerprint density at radius 2 is 1.79 bits per heavy atom. The van der Waals surface area contributed by atoms with Crippen LogP contribution in [0, 0.1) is 0 Å². The van der Waals surface area contributed by atoms with Crippen LogP contribution in [0.25, 0.3) is 0 Å². The lowest BCUT2D eigenvalue weighted by atomic mass is 10.1. The number of esters is 2. The number of carbonyl (C=O) groups excluding carboxylic acids is 2. The molecule has 0 aliphatic rings. The highest BCUT2D eigenvalue weighted by Crippen LogP contribution is 2.21. The maximum atomic E-state index is 12.0. The number of nitrogens with zero attached hydrogens (tertiary/aromatic N) is 1. The van der Waals surface area contributed by atoms with Crippen LogP contribution in [-0.2, 0) is 20.7 Å². The minimum atomic E-state index is -0.586. The van der Waals surface area contributed by atoms with Crippen molar-refractivity contribution in [1.29, 1.82) is 0 Å². The molecule has 2 rings (SSSR count). The van der Waals surface area contributed by atoms with Gasteiger partial charge in [0.05, 0.1) is 13.5 Å². The fourth-order valence-corrected chi connectivity index (χ4v) is 2.69. The van der Waals surface area contributed by atoms with Gasteiger partial charge in [0.15, 0.2) is 11.4 Å². The summed E-state index contributed by atoms with van der Waals surface area (Å²) in [7, 11) is 1.28. The van der Waals surface area contributed by atoms with E-state index in [2.05, 4.69) is 20.9 Å². The van der Waals surface area contributed by atoms with Crippen molar-refractivity contribution in [2.75, 3.05) is 20.3 Å². The molecular weight excluding hydrogens is 442 g/mol. The van der Waals surface area contributed by atoms with Crippen molar-refractivity contribution in [3.05, 3.63) is 52.3 Å². The van der Waals surface area contributed by atoms with Crippen LogP contribution in [0.1, 0.15) is 36.8 Å². The first-order valence-electron chi connectivity index (χ1n) is 8.99. The molecule has 2 aromatic rings. The molecule has 156 valence electrons. The second kappa shape index (κ2) is 10.2. The average molecular weight is 466 g/mol. The third kappa shape index (κ3) is 7.73. The molecule has 7 nitrogen and oxygen atoms in total. The zero-order valence-corrected chi connectivity index (χ0v) is 18.4. The largest absolute Gasteiger partial charge is 0.490 e. The van der Waals surface area contributed by atoms with Crippen molar-refractivity contribution in [2.45, 2.75) is 32.8 Å². The Morgan fingerprint density at radius 1 is 1.07 bits per heavy atom. The molecule has 0 bridgehead atoms. The molecule has 0 saturated heterocycles. The lowest BCUT2D eigenvalue weighted by molar-refractivity contribution is -0.153. The van der Waals surface area contributed by atoms with E-state index >= 15 is 0 Å². The van der Waals surface area contributed by atoms with Crippen LogP contribution in [0.3, 0.4) is 0 Å². The number of methoxy groups -OCH3 is 1. The first-order valence-corrected chi connectivity index (χ1v) is 9.78. The smallest absolute Gasteiger partial charge is 0.360 e. The summed E-state index contributed by atoms with van der Waals surface area (Å²) in [5, 5.41) is 0. The summed E-state index contributed by atoms with van der Waals surface area (Å²) in [5.41, 5.74) is 0.358. The monoisotopic (exact) mass is 465 g/mol. The van der Waals surface area contributed by atoms with Crippen LogP contribution in [0.5, 0.6) is 11.5 Å². The lowest BCUT2D eigenvalue weighted by Gasteiger charge is -2.19. The summed E-state index contributed by atoms with van der Waals surface area (Å²) in [4.78, 5) is 27.8. The van der Waals surface area contributed by atoms with Crippen LogP contribution < -0.4 is 9.47 Å². The van der Waals surface area contributed by atoms with Gasteiger partial charge in [-0.1, -0.05) is 12.1 Å². The molecule has 0 aliphatic carbocycles. The van der Waals surface area contributed by atoms with Gasteiger partial charge in [-0.2, -0.15) is 0 Å². The molecule has 0 N–H and O–H groups in total. The van der Waals surface area contributed by atoms with Crippen molar-refractivity contribution < 1.29 is 28.5 Å². The van der Waals surface area contributed by atoms with Crippen LogP contribution in [-0.4, -0.2) is 42.8 Å². The fourth-order valence-electron chi connectivity index (χ4n) is 2.38. The minimum Gasteiger partial charge on any atom is -0.490 e. The van der Waals surface area contributed by atoms with E-state index in [4.69, 9.17) is 18.9 Å². The molecule has 0 unspecified atom stereocenters. The minimum absolute atomic E-state index is 0.0845. The molecule has 8 heteroatoms. The van der Waals surface area contributed by atoms with Crippen LogP contribution in [0.4, 0.5) is 0 Å². The summed E-state index contributed by atoms with van der Waals surface area (Å²) in [6.07, 6.45) is 0.165. The summed E-state index contributed by atoms with van der Waals surface area (Å²) < 4.78 is 21.8. The number of carbonyl (C=O) groups is 2. The quantitative estimate of drug-likeness (QED) is 0.331. The van der Waals surface area contributed by atoms with Gasteiger partial charge in [-0.25, -0.2) is 9.78 Å². The number of halogens is 1. The molecule has 0 saturated carbocycles. The van der Waals surface area contributed by atoms with Crippen molar-refractivity contribution in [3.8, 4) is 11.5 Å². The summed E-state index contributed by atoms with van der Waals surface area (Å²) >= 11 is 3.21. The Morgan fingerprint density at radius 3 is 2.48 bits per heavy atom. The summed E-state index contributed by atoms with van der Waals surface area (Å²) in [6.45, 7) is 5.93. The topological polar surface area (TPSA) is 84.0 Å². The standard InChI is InChI=1S/C21H24BrNO6/c1-21(2,3)29-18(24)13-14-6-5-7-15(12-14)27-10-11-28-16-8-9-17(22)23-19(16)20(25)26-4/h5-9,12H,10-11,13H2,1-4H3. The second-order valence-corrected chi connectivity index (χ2v) is 7.89. The van der Waals surface area contributed by atoms with Crippen molar-refractivity contribution >= 4 is 27.9 Å². The Hall–Kier alpha value is -2.61. The predicted octanol–water partition coefficient (Wildman–Crippen LogP) is 3.97. The van der Waals surface area contributed by atoms with E-state index in [0.29, 0.717) is 16.1 Å². The van der Waals surface area contributed by atoms with Gasteiger partial charge in [-0.05, 0) is 66.5 Å². The normalized spacial score (nSPS) is 10.9. The SMILES string of the molecule is COC(=O)c1nc(Br)ccc1OCCOc1cccc(CC(=O)OC(C)(C)C)c1. The molecule has 0 spiro atoms. The first-order chi connectivity index (χ1) is 13.7. The Balaban J connectivity index is 1.89. The van der Waals surface area contributed by atoms with Gasteiger partial charge >= 0.3 is 11.9 Å². The highest BCUT2D eigenvalue weighted by Gasteiger charge is 2.17. The van der Waals surface area contributed by atoms with Crippen LogP contribution >= 0.6 is 15.9 Å². The van der Waals surface area contributed by atoms with Crippen LogP contribution in [0.2, 0.25) is 0 Å². The van der Waals surface area contributed by atoms with Crippen molar-refractivity contribution in [1.82, 2.24) is 4.98 Å². The third-order valence-electron chi connectivity index (χ3n) is 3.48. The fraction of sp³-hybridized carbons (Fsp3) is 0.381. The Bertz CT molecular complexity index is 862. The van der Waals surface area contributed by atoms with Gasteiger partial charge in [0.1, 0.15) is 29.2 Å². The maximum Gasteiger partial charge on any atom is 0.360 e. The highest BCUT2D eigenvalue weighted by molar-refractivity contribution is 9.10. The number of pyridine rings is 1. The molecule has 1 heterocycles. The van der Waals surface area contributed by atoms with Crippen LogP contribution in [0.15, 0.2) is 41.0 Å². The Kier molecular flexibility index (Phi) is 8.01. The molecule has 0 fully saturated rings. The lowest BCUT2D eigenvalue weighted by Crippen LogP contribution is -2.24. The Labute approximate surface area is 178 Å². The molecule has 0 aliphatic heterocycles. The zero-order chi connectivity index (χ0) is 21.4. The van der Waals surface area contributed by atoms with Crippen molar-refractivity contribution in [3.63, 3.8) is 0 Å². The highest BCUT2D eigenvalue weighted by atomic mass is 79.9. The van der Waals surface area contributed by atoms with Gasteiger partial charge in [0.25, 0.3) is 0 Å². The van der Waals surface area contributed by atoms with E-state index in [9.17, 15) is 9.59 Å². The van der Waals surface area contributed by atoms with E-state index in [-0.39, 0.29) is 31.3 Å². The van der Waals surface area contributed by atoms with Gasteiger partial charge in [-0.15, -0.1) is 0 Å². The summed E-state index contributed by atoms with van der Waals surface area (Å²) in [6, 6.07) is 10.5. The molecule has 1 aromatic carbocycles. The molecule has 0 atom stereocenters. The predicted molar refractivity (Wildman–Crippen MR) is 110 cm³/mol. The van der Waals surface area contributed by atoms with Gasteiger partial charge in [-0.3, -0.25) is 4.79 Å². The van der Waals surface area contributed by atoms with E-state index in [1.54, 1.807) is 24.3 Å². The number of benzene rings is 1. The molecule has 0 amide bonds. The number of aromatic nitrogens is 1. The maximum absolute atomic E-state index is 12.0. The first kappa shape index (κ1) is 22.7. The van der Waals surface area contributed by atoms with Gasteiger partial charge in [0, 0.05) is 0 Å². The zero-order valence-electron chi connectivity index (χ0n) is 16.9. The summed E-state index contributed by atoms with van der Waals surface area (Å²) in [5.74, 6) is 0.0345. The van der Waals surface area contributed by atoms with Crippen molar-refractivity contribution in [2.24, 2.45) is 0 Å². The van der Waals surface area contributed by atoms with E-state index < -0.39 is 11.6 Å². The van der Waals surface area contributed by atoms with Gasteiger partial charge < -0.3 is 18.9 Å². The molecule has 1 aromatic heterocycles. The molecule has 0 radical (unpaired) electrons. The second-order valence-electron chi connectivity index (χ2n) is 7.08. The van der Waals surface area contributed by atoms with E-state index in [1.165, 1.54) is 7.11 Å². The number of ether oxygens (including phenoxy) is 4. The molecule has 29 heavy (non-hydrogen) atoms. The van der Waals surface area contributed by atoms with E-state index in [1.807, 2.05) is 32.9 Å². The van der Waals surface area contributed by atoms with Gasteiger partial charge in [0.2, 0.25) is 0 Å². The third-order valence-corrected chi connectivity index (χ3v) is 3.92. The number of rotatable bonds is 8.